The second-order valence-corrected chi connectivity index (χ2v) is 7.87. The zero-order chi connectivity index (χ0) is 19.3. The lowest BCUT2D eigenvalue weighted by Gasteiger charge is -2.23. The van der Waals surface area contributed by atoms with Gasteiger partial charge in [-0.15, -0.1) is 0 Å². The average molecular weight is 380 g/mol. The van der Waals surface area contributed by atoms with E-state index in [-0.39, 0.29) is 17.6 Å². The average Bonchev–Trinajstić information content (AvgIpc) is 3.34. The van der Waals surface area contributed by atoms with Crippen molar-refractivity contribution in [2.75, 3.05) is 10.2 Å². The van der Waals surface area contributed by atoms with Gasteiger partial charge in [0.2, 0.25) is 5.91 Å². The number of nitrogens with one attached hydrogen (secondary N) is 1. The smallest absolute Gasteiger partial charge is 0.410 e. The van der Waals surface area contributed by atoms with Crippen LogP contribution in [0.25, 0.3) is 0 Å². The number of rotatable bonds is 3. The predicted molar refractivity (Wildman–Crippen MR) is 103 cm³/mol. The summed E-state index contributed by atoms with van der Waals surface area (Å²) in [5.74, 6) is -0.0768. The second kappa shape index (κ2) is 6.33. The lowest BCUT2D eigenvalue weighted by Crippen LogP contribution is -2.39. The van der Waals surface area contributed by atoms with Crippen LogP contribution in [0.4, 0.5) is 20.6 Å². The van der Waals surface area contributed by atoms with E-state index in [1.807, 2.05) is 6.07 Å². The number of halogens is 1. The van der Waals surface area contributed by atoms with Gasteiger partial charge in [0.15, 0.2) is 0 Å². The van der Waals surface area contributed by atoms with E-state index < -0.39 is 17.3 Å². The highest BCUT2D eigenvalue weighted by Crippen LogP contribution is 2.54. The summed E-state index contributed by atoms with van der Waals surface area (Å²) in [6.07, 6.45) is 4.70. The number of carbonyl (C=O) groups is 2. The van der Waals surface area contributed by atoms with Gasteiger partial charge in [0, 0.05) is 12.1 Å². The van der Waals surface area contributed by atoms with Crippen molar-refractivity contribution < 1.29 is 18.7 Å². The quantitative estimate of drug-likeness (QED) is 0.835. The molecule has 2 fully saturated rings. The number of para-hydroxylation sites is 1. The van der Waals surface area contributed by atoms with Crippen LogP contribution in [0.3, 0.4) is 0 Å². The summed E-state index contributed by atoms with van der Waals surface area (Å²) in [5.41, 5.74) is 1.01. The minimum absolute atomic E-state index is 0.0522. The summed E-state index contributed by atoms with van der Waals surface area (Å²) in [6.45, 7) is 0. The molecule has 2 aliphatic carbocycles. The maximum Gasteiger partial charge on any atom is 0.417 e. The van der Waals surface area contributed by atoms with Crippen molar-refractivity contribution in [3.8, 4) is 5.75 Å². The Morgan fingerprint density at radius 2 is 1.86 bits per heavy atom. The number of amides is 2. The third-order valence-electron chi connectivity index (χ3n) is 6.05. The highest BCUT2D eigenvalue weighted by molar-refractivity contribution is 6.09. The summed E-state index contributed by atoms with van der Waals surface area (Å²) in [7, 11) is 0. The first kappa shape index (κ1) is 17.2. The first-order chi connectivity index (χ1) is 13.6. The lowest BCUT2D eigenvalue weighted by molar-refractivity contribution is -0.123. The lowest BCUT2D eigenvalue weighted by atomic mass is 9.80. The summed E-state index contributed by atoms with van der Waals surface area (Å²) in [6, 6.07) is 11.8. The molecule has 0 unspecified atom stereocenters. The number of hydrogen-bond acceptors (Lipinski definition) is 3. The van der Waals surface area contributed by atoms with Crippen LogP contribution in [0.2, 0.25) is 0 Å². The number of hydrogen-bond donors (Lipinski definition) is 1. The monoisotopic (exact) mass is 380 g/mol. The molecule has 2 saturated carbocycles. The topological polar surface area (TPSA) is 58.6 Å². The van der Waals surface area contributed by atoms with Crippen molar-refractivity contribution in [1.82, 2.24) is 0 Å². The molecule has 2 aromatic rings. The van der Waals surface area contributed by atoms with Gasteiger partial charge in [-0.05, 0) is 49.4 Å². The van der Waals surface area contributed by atoms with Crippen molar-refractivity contribution in [3.05, 3.63) is 53.8 Å². The molecule has 144 valence electrons. The Bertz CT molecular complexity index is 950. The van der Waals surface area contributed by atoms with E-state index in [0.29, 0.717) is 11.4 Å². The van der Waals surface area contributed by atoms with Crippen LogP contribution in [-0.2, 0) is 10.2 Å². The van der Waals surface area contributed by atoms with Crippen LogP contribution in [-0.4, -0.2) is 18.0 Å². The maximum atomic E-state index is 14.8. The van der Waals surface area contributed by atoms with E-state index >= 15 is 0 Å². The Balaban J connectivity index is 1.47. The number of benzene rings is 2. The molecule has 1 heterocycles. The van der Waals surface area contributed by atoms with Crippen LogP contribution >= 0.6 is 0 Å². The molecular formula is C22H21FN2O3. The molecule has 5 rings (SSSR count). The molecule has 5 nitrogen and oxygen atoms in total. The van der Waals surface area contributed by atoms with Gasteiger partial charge in [-0.1, -0.05) is 31.0 Å². The van der Waals surface area contributed by atoms with Crippen molar-refractivity contribution in [2.24, 2.45) is 0 Å². The SMILES string of the molecule is O=C(Nc1cc2c(cc1F)N(C1CC1)C(=O)C21CCCC1)Oc1ccccc1. The number of ether oxygens (including phenoxy) is 1. The van der Waals surface area contributed by atoms with Gasteiger partial charge >= 0.3 is 6.09 Å². The number of anilines is 2. The first-order valence-corrected chi connectivity index (χ1v) is 9.80. The van der Waals surface area contributed by atoms with Gasteiger partial charge in [0.1, 0.15) is 11.6 Å². The van der Waals surface area contributed by atoms with E-state index in [9.17, 15) is 14.0 Å². The van der Waals surface area contributed by atoms with Gasteiger partial charge in [0.25, 0.3) is 0 Å². The van der Waals surface area contributed by atoms with Crippen LogP contribution in [0.5, 0.6) is 5.75 Å². The second-order valence-electron chi connectivity index (χ2n) is 7.87. The van der Waals surface area contributed by atoms with Gasteiger partial charge in [-0.25, -0.2) is 9.18 Å². The van der Waals surface area contributed by atoms with Crippen LogP contribution < -0.4 is 15.0 Å². The molecule has 0 atom stereocenters. The maximum absolute atomic E-state index is 14.8. The molecule has 3 aliphatic rings. The van der Waals surface area contributed by atoms with E-state index in [1.54, 1.807) is 35.2 Å². The van der Waals surface area contributed by atoms with Crippen molar-refractivity contribution in [3.63, 3.8) is 0 Å². The third-order valence-corrected chi connectivity index (χ3v) is 6.05. The van der Waals surface area contributed by atoms with Crippen LogP contribution in [0.1, 0.15) is 44.1 Å². The molecule has 1 N–H and O–H groups in total. The molecule has 0 bridgehead atoms. The van der Waals surface area contributed by atoms with Gasteiger partial charge in [-0.2, -0.15) is 0 Å². The first-order valence-electron chi connectivity index (χ1n) is 9.80. The zero-order valence-electron chi connectivity index (χ0n) is 15.4. The number of carbonyl (C=O) groups excluding carboxylic acids is 2. The van der Waals surface area contributed by atoms with Crippen molar-refractivity contribution >= 4 is 23.4 Å². The molecule has 0 saturated heterocycles. The van der Waals surface area contributed by atoms with Crippen LogP contribution in [0, 0.1) is 5.82 Å². The molecule has 2 amide bonds. The molecule has 28 heavy (non-hydrogen) atoms. The van der Waals surface area contributed by atoms with Crippen LogP contribution in [0.15, 0.2) is 42.5 Å². The standard InChI is InChI=1S/C22H21FN2O3/c23-17-13-19-16(12-18(17)24-21(27)28-15-6-2-1-3-7-15)22(10-4-5-11-22)20(26)25(19)14-8-9-14/h1-3,6-7,12-14H,4-5,8-11H2,(H,24,27). The molecular weight excluding hydrogens is 359 g/mol. The fraction of sp³-hybridized carbons (Fsp3) is 0.364. The molecule has 0 aromatic heterocycles. The molecule has 0 radical (unpaired) electrons. The van der Waals surface area contributed by atoms with Crippen molar-refractivity contribution in [1.29, 1.82) is 0 Å². The Kier molecular flexibility index (Phi) is 3.89. The van der Waals surface area contributed by atoms with Crippen molar-refractivity contribution in [2.45, 2.75) is 50.0 Å². The normalized spacial score (nSPS) is 19.8. The fourth-order valence-electron chi connectivity index (χ4n) is 4.58. The van der Waals surface area contributed by atoms with E-state index in [1.165, 1.54) is 6.07 Å². The third kappa shape index (κ3) is 2.66. The van der Waals surface area contributed by atoms with Gasteiger partial charge < -0.3 is 9.64 Å². The minimum Gasteiger partial charge on any atom is -0.410 e. The van der Waals surface area contributed by atoms with Gasteiger partial charge in [-0.3, -0.25) is 10.1 Å². The minimum atomic E-state index is -0.756. The molecule has 2 aromatic carbocycles. The van der Waals surface area contributed by atoms with E-state index in [2.05, 4.69) is 5.32 Å². The van der Waals surface area contributed by atoms with E-state index in [4.69, 9.17) is 4.74 Å². The Morgan fingerprint density at radius 3 is 2.54 bits per heavy atom. The largest absolute Gasteiger partial charge is 0.417 e. The molecule has 1 aliphatic heterocycles. The summed E-state index contributed by atoms with van der Waals surface area (Å²) < 4.78 is 20.0. The Labute approximate surface area is 162 Å². The highest BCUT2D eigenvalue weighted by Gasteiger charge is 2.55. The van der Waals surface area contributed by atoms with Gasteiger partial charge in [0.05, 0.1) is 16.8 Å². The summed E-state index contributed by atoms with van der Waals surface area (Å²) in [4.78, 5) is 27.3. The Morgan fingerprint density at radius 1 is 1.14 bits per heavy atom. The number of fused-ring (bicyclic) bond motifs is 2. The summed E-state index contributed by atoms with van der Waals surface area (Å²) in [5, 5.41) is 2.50. The number of nitrogens with zero attached hydrogens (tertiary/aromatic N) is 1. The fourth-order valence-corrected chi connectivity index (χ4v) is 4.58. The predicted octanol–water partition coefficient (Wildman–Crippen LogP) is 4.76. The van der Waals surface area contributed by atoms with E-state index in [0.717, 1.165) is 44.1 Å². The highest BCUT2D eigenvalue weighted by atomic mass is 19.1. The summed E-state index contributed by atoms with van der Waals surface area (Å²) >= 11 is 0. The molecule has 1 spiro atoms. The zero-order valence-corrected chi connectivity index (χ0v) is 15.4. The molecule has 6 heteroatoms. The Hall–Kier alpha value is -2.89.